The van der Waals surface area contributed by atoms with Crippen molar-refractivity contribution in [1.29, 1.82) is 0 Å². The summed E-state index contributed by atoms with van der Waals surface area (Å²) in [5.74, 6) is -1.08. The van der Waals surface area contributed by atoms with Crippen molar-refractivity contribution in [3.63, 3.8) is 0 Å². The maximum Gasteiger partial charge on any atom is 0.261 e. The molecule has 0 aliphatic rings. The lowest BCUT2D eigenvalue weighted by Crippen LogP contribution is -2.45. The molecular formula is C23H24FN3O5S2. The summed E-state index contributed by atoms with van der Waals surface area (Å²) in [5.41, 5.74) is 1.78. The summed E-state index contributed by atoms with van der Waals surface area (Å²) in [4.78, 5) is 12.7. The first-order valence-corrected chi connectivity index (χ1v) is 13.5. The van der Waals surface area contributed by atoms with Gasteiger partial charge in [-0.2, -0.15) is 0 Å². The zero-order valence-corrected chi connectivity index (χ0v) is 20.3. The van der Waals surface area contributed by atoms with Crippen molar-refractivity contribution >= 4 is 43.0 Å². The molecule has 0 aliphatic heterocycles. The number of hydrogen-bond donors (Lipinski definition) is 2. The van der Waals surface area contributed by atoms with Gasteiger partial charge in [0.25, 0.3) is 10.0 Å². The van der Waals surface area contributed by atoms with E-state index in [1.165, 1.54) is 43.3 Å². The van der Waals surface area contributed by atoms with Crippen LogP contribution in [0.5, 0.6) is 0 Å². The Morgan fingerprint density at radius 2 is 1.38 bits per heavy atom. The van der Waals surface area contributed by atoms with Gasteiger partial charge in [0, 0.05) is 11.4 Å². The second-order valence-corrected chi connectivity index (χ2v) is 11.2. The molecule has 3 rings (SSSR count). The van der Waals surface area contributed by atoms with Crippen LogP contribution in [-0.2, 0) is 24.8 Å². The van der Waals surface area contributed by atoms with Gasteiger partial charge in [-0.1, -0.05) is 17.7 Å². The molecule has 1 amide bonds. The molecule has 3 aromatic carbocycles. The molecule has 3 aromatic rings. The Labute approximate surface area is 198 Å². The minimum Gasteiger partial charge on any atom is -0.324 e. The van der Waals surface area contributed by atoms with Crippen molar-refractivity contribution in [3.8, 4) is 0 Å². The van der Waals surface area contributed by atoms with Gasteiger partial charge in [-0.3, -0.25) is 13.8 Å². The van der Waals surface area contributed by atoms with Crippen LogP contribution < -0.4 is 14.3 Å². The van der Waals surface area contributed by atoms with Crippen LogP contribution >= 0.6 is 0 Å². The normalized spacial score (nSPS) is 12.6. The van der Waals surface area contributed by atoms with E-state index in [2.05, 4.69) is 10.0 Å². The number of rotatable bonds is 8. The highest BCUT2D eigenvalue weighted by Crippen LogP contribution is 2.23. The van der Waals surface area contributed by atoms with Crippen LogP contribution in [0.4, 0.5) is 21.5 Å². The molecule has 0 heterocycles. The molecule has 0 saturated heterocycles. The van der Waals surface area contributed by atoms with E-state index in [4.69, 9.17) is 0 Å². The summed E-state index contributed by atoms with van der Waals surface area (Å²) in [6.45, 7) is 3.32. The van der Waals surface area contributed by atoms with Crippen LogP contribution in [0.25, 0.3) is 0 Å². The Bertz CT molecular complexity index is 1370. The van der Waals surface area contributed by atoms with Crippen LogP contribution in [-0.4, -0.2) is 35.0 Å². The van der Waals surface area contributed by atoms with Crippen molar-refractivity contribution < 1.29 is 26.0 Å². The van der Waals surface area contributed by atoms with E-state index in [9.17, 15) is 26.0 Å². The summed E-state index contributed by atoms with van der Waals surface area (Å²) >= 11 is 0. The third-order valence-corrected chi connectivity index (χ3v) is 7.54. The van der Waals surface area contributed by atoms with Gasteiger partial charge in [-0.05, 0) is 74.5 Å². The molecule has 8 nitrogen and oxygen atoms in total. The Morgan fingerprint density at radius 1 is 0.853 bits per heavy atom. The van der Waals surface area contributed by atoms with Gasteiger partial charge in [-0.15, -0.1) is 0 Å². The fourth-order valence-corrected chi connectivity index (χ4v) is 5.43. The zero-order valence-electron chi connectivity index (χ0n) is 18.7. The predicted octanol–water partition coefficient (Wildman–Crippen LogP) is 3.73. The lowest BCUT2D eigenvalue weighted by Gasteiger charge is -2.28. The summed E-state index contributed by atoms with van der Waals surface area (Å²) in [6.07, 6.45) is 1.02. The van der Waals surface area contributed by atoms with E-state index in [0.29, 0.717) is 5.69 Å². The average molecular weight is 506 g/mol. The Morgan fingerprint density at radius 3 is 1.91 bits per heavy atom. The molecule has 0 fully saturated rings. The van der Waals surface area contributed by atoms with E-state index in [1.807, 2.05) is 6.92 Å². The molecule has 2 N–H and O–H groups in total. The van der Waals surface area contributed by atoms with E-state index >= 15 is 0 Å². The SMILES string of the molecule is Cc1ccc(N([C@H](C)C(=O)Nc2ccc(S(=O)(=O)Nc3ccc(F)cc3)cc2)S(C)(=O)=O)cc1. The van der Waals surface area contributed by atoms with Crippen LogP contribution in [0, 0.1) is 12.7 Å². The third kappa shape index (κ3) is 6.12. The molecule has 11 heteroatoms. The molecule has 0 radical (unpaired) electrons. The van der Waals surface area contributed by atoms with Crippen LogP contribution in [0.1, 0.15) is 12.5 Å². The van der Waals surface area contributed by atoms with Crippen LogP contribution in [0.2, 0.25) is 0 Å². The fourth-order valence-electron chi connectivity index (χ4n) is 3.20. The number of carbonyl (C=O) groups is 1. The molecule has 0 bridgehead atoms. The number of benzene rings is 3. The molecule has 34 heavy (non-hydrogen) atoms. The van der Waals surface area contributed by atoms with E-state index in [-0.39, 0.29) is 16.3 Å². The van der Waals surface area contributed by atoms with E-state index in [0.717, 1.165) is 28.3 Å². The zero-order chi connectivity index (χ0) is 25.1. The smallest absolute Gasteiger partial charge is 0.261 e. The van der Waals surface area contributed by atoms with Crippen molar-refractivity contribution in [2.45, 2.75) is 24.8 Å². The van der Waals surface area contributed by atoms with Crippen LogP contribution in [0.3, 0.4) is 0 Å². The molecule has 0 unspecified atom stereocenters. The monoisotopic (exact) mass is 505 g/mol. The topological polar surface area (TPSA) is 113 Å². The summed E-state index contributed by atoms with van der Waals surface area (Å²) in [7, 11) is -7.70. The lowest BCUT2D eigenvalue weighted by molar-refractivity contribution is -0.116. The number of amides is 1. The van der Waals surface area contributed by atoms with Crippen molar-refractivity contribution in [2.24, 2.45) is 0 Å². The second kappa shape index (κ2) is 9.82. The predicted molar refractivity (Wildman–Crippen MR) is 130 cm³/mol. The lowest BCUT2D eigenvalue weighted by atomic mass is 10.2. The van der Waals surface area contributed by atoms with Gasteiger partial charge in [0.1, 0.15) is 11.9 Å². The molecule has 0 spiro atoms. The molecule has 1 atom stereocenters. The van der Waals surface area contributed by atoms with Gasteiger partial charge < -0.3 is 5.32 Å². The highest BCUT2D eigenvalue weighted by molar-refractivity contribution is 7.92. The molecule has 0 aromatic heterocycles. The first-order valence-electron chi connectivity index (χ1n) is 10.1. The largest absolute Gasteiger partial charge is 0.324 e. The van der Waals surface area contributed by atoms with Crippen molar-refractivity contribution in [2.75, 3.05) is 20.6 Å². The standard InChI is InChI=1S/C23H24FN3O5S2/c1-16-4-12-21(13-5-16)27(33(3,29)30)17(2)23(28)25-19-10-14-22(15-11-19)34(31,32)26-20-8-6-18(24)7-9-20/h4-15,17,26H,1-3H3,(H,25,28)/t17-/m1/s1. The number of anilines is 3. The maximum atomic E-state index is 13.0. The minimum atomic E-state index is -3.93. The first-order chi connectivity index (χ1) is 15.9. The van der Waals surface area contributed by atoms with Crippen LogP contribution in [0.15, 0.2) is 77.7 Å². The number of carbonyl (C=O) groups excluding carboxylic acids is 1. The number of nitrogens with zero attached hydrogens (tertiary/aromatic N) is 1. The quantitative estimate of drug-likeness (QED) is 0.484. The Kier molecular flexibility index (Phi) is 7.27. The van der Waals surface area contributed by atoms with Gasteiger partial charge in [-0.25, -0.2) is 21.2 Å². The summed E-state index contributed by atoms with van der Waals surface area (Å²) in [6, 6.07) is 15.9. The van der Waals surface area contributed by atoms with Gasteiger partial charge >= 0.3 is 0 Å². The first kappa shape index (κ1) is 25.2. The molecule has 180 valence electrons. The third-order valence-electron chi connectivity index (χ3n) is 4.91. The summed E-state index contributed by atoms with van der Waals surface area (Å²) in [5, 5.41) is 2.61. The highest BCUT2D eigenvalue weighted by atomic mass is 32.2. The van der Waals surface area contributed by atoms with Crippen molar-refractivity contribution in [1.82, 2.24) is 0 Å². The summed E-state index contributed by atoms with van der Waals surface area (Å²) < 4.78 is 66.3. The minimum absolute atomic E-state index is 0.0692. The number of aryl methyl sites for hydroxylation is 1. The van der Waals surface area contributed by atoms with E-state index in [1.54, 1.807) is 24.3 Å². The number of hydrogen-bond acceptors (Lipinski definition) is 5. The highest BCUT2D eigenvalue weighted by Gasteiger charge is 2.29. The maximum absolute atomic E-state index is 13.0. The second-order valence-electron chi connectivity index (χ2n) is 7.70. The van der Waals surface area contributed by atoms with Crippen molar-refractivity contribution in [3.05, 3.63) is 84.2 Å². The van der Waals surface area contributed by atoms with E-state index < -0.39 is 37.8 Å². The molecule has 0 aliphatic carbocycles. The Balaban J connectivity index is 1.75. The van der Waals surface area contributed by atoms with Gasteiger partial charge in [0.05, 0.1) is 16.8 Å². The Hall–Kier alpha value is -3.44. The fraction of sp³-hybridized carbons (Fsp3) is 0.174. The molecule has 0 saturated carbocycles. The average Bonchev–Trinajstić information content (AvgIpc) is 2.76. The van der Waals surface area contributed by atoms with Gasteiger partial charge in [0.15, 0.2) is 0 Å². The number of nitrogens with one attached hydrogen (secondary N) is 2. The number of halogens is 1. The number of sulfonamides is 2. The molecular weight excluding hydrogens is 481 g/mol. The van der Waals surface area contributed by atoms with Gasteiger partial charge in [0.2, 0.25) is 15.9 Å².